The molecular formula is C11H10ClNO2. The number of halogens is 1. The zero-order valence-electron chi connectivity index (χ0n) is 8.24. The summed E-state index contributed by atoms with van der Waals surface area (Å²) in [4.78, 5) is 24.3. The summed E-state index contributed by atoms with van der Waals surface area (Å²) in [7, 11) is 0. The highest BCUT2D eigenvalue weighted by atomic mass is 35.5. The quantitative estimate of drug-likeness (QED) is 0.538. The van der Waals surface area contributed by atoms with Crippen molar-refractivity contribution in [3.63, 3.8) is 0 Å². The molecule has 2 amide bonds. The number of amides is 2. The van der Waals surface area contributed by atoms with Gasteiger partial charge in [0.25, 0.3) is 5.91 Å². The Morgan fingerprint density at radius 1 is 1.40 bits per heavy atom. The van der Waals surface area contributed by atoms with Crippen LogP contribution in [0.2, 0.25) is 0 Å². The van der Waals surface area contributed by atoms with Crippen LogP contribution in [0.5, 0.6) is 0 Å². The molecule has 0 bridgehead atoms. The molecule has 78 valence electrons. The predicted octanol–water partition coefficient (Wildman–Crippen LogP) is 1.87. The molecule has 0 saturated carbocycles. The van der Waals surface area contributed by atoms with E-state index in [0.717, 1.165) is 10.5 Å². The van der Waals surface area contributed by atoms with Crippen molar-refractivity contribution < 1.29 is 9.59 Å². The number of aryl methyl sites for hydroxylation is 1. The maximum absolute atomic E-state index is 11.6. The SMILES string of the molecule is Cc1cccc(N2C(=O)CC(Cl)C2=O)c1. The molecule has 15 heavy (non-hydrogen) atoms. The second-order valence-electron chi connectivity index (χ2n) is 3.58. The van der Waals surface area contributed by atoms with Crippen LogP contribution >= 0.6 is 11.6 Å². The third-order valence-corrected chi connectivity index (χ3v) is 2.69. The minimum Gasteiger partial charge on any atom is -0.274 e. The Hall–Kier alpha value is -1.35. The van der Waals surface area contributed by atoms with E-state index in [-0.39, 0.29) is 18.2 Å². The predicted molar refractivity (Wildman–Crippen MR) is 57.9 cm³/mol. The van der Waals surface area contributed by atoms with Crippen LogP contribution in [0.25, 0.3) is 0 Å². The van der Waals surface area contributed by atoms with E-state index in [1.165, 1.54) is 0 Å². The van der Waals surface area contributed by atoms with Gasteiger partial charge < -0.3 is 0 Å². The Morgan fingerprint density at radius 2 is 2.13 bits per heavy atom. The Balaban J connectivity index is 2.39. The number of carbonyl (C=O) groups excluding carboxylic acids is 2. The van der Waals surface area contributed by atoms with Crippen LogP contribution in [0.15, 0.2) is 24.3 Å². The first kappa shape index (κ1) is 10.2. The summed E-state index contributed by atoms with van der Waals surface area (Å²) in [5.41, 5.74) is 1.61. The van der Waals surface area contributed by atoms with Crippen LogP contribution in [0.4, 0.5) is 5.69 Å². The Bertz CT molecular complexity index is 430. The second-order valence-corrected chi connectivity index (χ2v) is 4.10. The molecule has 3 nitrogen and oxygen atoms in total. The van der Waals surface area contributed by atoms with Crippen molar-refractivity contribution in [1.82, 2.24) is 0 Å². The molecule has 1 aromatic carbocycles. The van der Waals surface area contributed by atoms with Gasteiger partial charge >= 0.3 is 0 Å². The van der Waals surface area contributed by atoms with E-state index in [4.69, 9.17) is 11.6 Å². The lowest BCUT2D eigenvalue weighted by molar-refractivity contribution is -0.121. The van der Waals surface area contributed by atoms with Gasteiger partial charge in [0.1, 0.15) is 5.38 Å². The minimum atomic E-state index is -0.710. The van der Waals surface area contributed by atoms with E-state index in [0.29, 0.717) is 5.69 Å². The smallest absolute Gasteiger partial charge is 0.252 e. The highest BCUT2D eigenvalue weighted by molar-refractivity contribution is 6.40. The van der Waals surface area contributed by atoms with Crippen LogP contribution in [0.1, 0.15) is 12.0 Å². The van der Waals surface area contributed by atoms with Crippen molar-refractivity contribution in [2.45, 2.75) is 18.7 Å². The average Bonchev–Trinajstić information content (AvgIpc) is 2.41. The van der Waals surface area contributed by atoms with E-state index >= 15 is 0 Å². The van der Waals surface area contributed by atoms with E-state index in [1.54, 1.807) is 12.1 Å². The molecule has 1 aromatic rings. The summed E-state index contributed by atoms with van der Waals surface area (Å²) < 4.78 is 0. The Morgan fingerprint density at radius 3 is 2.67 bits per heavy atom. The molecule has 1 heterocycles. The summed E-state index contributed by atoms with van der Waals surface area (Å²) in [6, 6.07) is 7.25. The molecule has 0 N–H and O–H groups in total. The number of benzene rings is 1. The lowest BCUT2D eigenvalue weighted by atomic mass is 10.2. The number of carbonyl (C=O) groups is 2. The van der Waals surface area contributed by atoms with Crippen LogP contribution in [-0.4, -0.2) is 17.2 Å². The van der Waals surface area contributed by atoms with E-state index in [9.17, 15) is 9.59 Å². The second kappa shape index (κ2) is 3.66. The first-order valence-corrected chi connectivity index (χ1v) is 5.11. The van der Waals surface area contributed by atoms with Gasteiger partial charge in [0, 0.05) is 0 Å². The van der Waals surface area contributed by atoms with Gasteiger partial charge in [0.05, 0.1) is 12.1 Å². The van der Waals surface area contributed by atoms with Gasteiger partial charge in [-0.25, -0.2) is 4.90 Å². The summed E-state index contributed by atoms with van der Waals surface area (Å²) in [6.07, 6.45) is 0.0916. The number of alkyl halides is 1. The van der Waals surface area contributed by atoms with Crippen molar-refractivity contribution in [2.24, 2.45) is 0 Å². The van der Waals surface area contributed by atoms with Crippen molar-refractivity contribution >= 4 is 29.1 Å². The third-order valence-electron chi connectivity index (χ3n) is 2.35. The van der Waals surface area contributed by atoms with Gasteiger partial charge in [0.15, 0.2) is 0 Å². The van der Waals surface area contributed by atoms with Crippen LogP contribution in [-0.2, 0) is 9.59 Å². The molecule has 1 atom stereocenters. The van der Waals surface area contributed by atoms with E-state index in [2.05, 4.69) is 0 Å². The van der Waals surface area contributed by atoms with Crippen LogP contribution < -0.4 is 4.90 Å². The molecule has 0 aromatic heterocycles. The number of hydrogen-bond acceptors (Lipinski definition) is 2. The van der Waals surface area contributed by atoms with Gasteiger partial charge in [-0.05, 0) is 24.6 Å². The number of imide groups is 1. The zero-order valence-corrected chi connectivity index (χ0v) is 8.99. The number of rotatable bonds is 1. The maximum Gasteiger partial charge on any atom is 0.252 e. The highest BCUT2D eigenvalue weighted by Gasteiger charge is 2.38. The van der Waals surface area contributed by atoms with Crippen molar-refractivity contribution in [3.8, 4) is 0 Å². The largest absolute Gasteiger partial charge is 0.274 e. The van der Waals surface area contributed by atoms with E-state index < -0.39 is 5.38 Å². The molecule has 1 saturated heterocycles. The molecule has 1 aliphatic heterocycles. The van der Waals surface area contributed by atoms with Gasteiger partial charge in [-0.2, -0.15) is 0 Å². The molecule has 4 heteroatoms. The van der Waals surface area contributed by atoms with Crippen molar-refractivity contribution in [1.29, 1.82) is 0 Å². The number of nitrogens with zero attached hydrogens (tertiary/aromatic N) is 1. The molecule has 1 fully saturated rings. The molecule has 0 spiro atoms. The zero-order chi connectivity index (χ0) is 11.0. The van der Waals surface area contributed by atoms with Crippen LogP contribution in [0, 0.1) is 6.92 Å². The fourth-order valence-corrected chi connectivity index (χ4v) is 1.86. The number of anilines is 1. The molecular weight excluding hydrogens is 214 g/mol. The molecule has 0 radical (unpaired) electrons. The number of hydrogen-bond donors (Lipinski definition) is 0. The minimum absolute atomic E-state index is 0.0916. The van der Waals surface area contributed by atoms with Crippen LogP contribution in [0.3, 0.4) is 0 Å². The highest BCUT2D eigenvalue weighted by Crippen LogP contribution is 2.25. The summed E-state index contributed by atoms with van der Waals surface area (Å²) in [6.45, 7) is 1.91. The Labute approximate surface area is 92.6 Å². The van der Waals surface area contributed by atoms with Crippen molar-refractivity contribution in [3.05, 3.63) is 29.8 Å². The van der Waals surface area contributed by atoms with Gasteiger partial charge in [-0.1, -0.05) is 12.1 Å². The fraction of sp³-hybridized carbons (Fsp3) is 0.273. The van der Waals surface area contributed by atoms with Crippen molar-refractivity contribution in [2.75, 3.05) is 4.90 Å². The first-order valence-electron chi connectivity index (χ1n) is 4.67. The normalized spacial score (nSPS) is 21.2. The fourth-order valence-electron chi connectivity index (χ4n) is 1.63. The van der Waals surface area contributed by atoms with Gasteiger partial charge in [0.2, 0.25) is 5.91 Å². The lowest BCUT2D eigenvalue weighted by Crippen LogP contribution is -2.30. The maximum atomic E-state index is 11.6. The average molecular weight is 224 g/mol. The Kier molecular flexibility index (Phi) is 2.49. The monoisotopic (exact) mass is 223 g/mol. The molecule has 2 rings (SSSR count). The molecule has 1 aliphatic rings. The summed E-state index contributed by atoms with van der Waals surface area (Å²) >= 11 is 5.73. The summed E-state index contributed by atoms with van der Waals surface area (Å²) in [5.74, 6) is -0.558. The van der Waals surface area contributed by atoms with Gasteiger partial charge in [-0.3, -0.25) is 9.59 Å². The summed E-state index contributed by atoms with van der Waals surface area (Å²) in [5, 5.41) is -0.710. The third kappa shape index (κ3) is 1.75. The molecule has 0 aliphatic carbocycles. The first-order chi connectivity index (χ1) is 7.09. The standard InChI is InChI=1S/C11H10ClNO2/c1-7-3-2-4-8(5-7)13-10(14)6-9(12)11(13)15/h2-5,9H,6H2,1H3. The van der Waals surface area contributed by atoms with E-state index in [1.807, 2.05) is 19.1 Å². The molecule has 1 unspecified atom stereocenters. The van der Waals surface area contributed by atoms with Gasteiger partial charge in [-0.15, -0.1) is 11.6 Å². The lowest BCUT2D eigenvalue weighted by Gasteiger charge is -2.14. The topological polar surface area (TPSA) is 37.4 Å².